The summed E-state index contributed by atoms with van der Waals surface area (Å²) in [5, 5.41) is 12.6. The topological polar surface area (TPSA) is 88.3 Å². The number of carboxylic acids is 1. The number of hydrogen-bond donors (Lipinski definition) is 1. The summed E-state index contributed by atoms with van der Waals surface area (Å²) in [6, 6.07) is 3.23. The number of benzene rings is 1. The molecule has 0 fully saturated rings. The lowest BCUT2D eigenvalue weighted by Crippen LogP contribution is -2.33. The molecule has 0 aliphatic heterocycles. The van der Waals surface area contributed by atoms with Crippen LogP contribution in [0.1, 0.15) is 22.6 Å². The Kier molecular flexibility index (Phi) is 4.99. The van der Waals surface area contributed by atoms with E-state index in [-0.39, 0.29) is 25.3 Å². The molecule has 1 amide bonds. The molecule has 2 rings (SSSR count). The number of carbonyl (C=O) groups is 2. The third kappa shape index (κ3) is 4.31. The van der Waals surface area contributed by atoms with Crippen LogP contribution in [0.2, 0.25) is 0 Å². The number of aryl methyl sites for hydroxylation is 1. The molecule has 23 heavy (non-hydrogen) atoms. The highest BCUT2D eigenvalue weighted by Crippen LogP contribution is 2.13. The molecule has 7 nitrogen and oxygen atoms in total. The van der Waals surface area contributed by atoms with Crippen LogP contribution < -0.4 is 0 Å². The second-order valence-corrected chi connectivity index (χ2v) is 4.86. The number of nitrogens with zero attached hydrogens (tertiary/aromatic N) is 4. The SMILES string of the molecule is Cn1cnc(C(=O)N(CCC(=O)O)Cc2ccc(F)c(F)c2)n1. The van der Waals surface area contributed by atoms with Gasteiger partial charge in [0.2, 0.25) is 5.82 Å². The monoisotopic (exact) mass is 324 g/mol. The molecule has 1 aromatic carbocycles. The molecule has 0 bridgehead atoms. The van der Waals surface area contributed by atoms with Gasteiger partial charge in [-0.2, -0.15) is 0 Å². The number of hydrogen-bond acceptors (Lipinski definition) is 4. The first-order chi connectivity index (χ1) is 10.9. The number of halogens is 2. The molecule has 0 spiro atoms. The zero-order chi connectivity index (χ0) is 17.0. The maximum atomic E-state index is 13.3. The molecule has 0 atom stereocenters. The van der Waals surface area contributed by atoms with Gasteiger partial charge in [-0.05, 0) is 17.7 Å². The minimum Gasteiger partial charge on any atom is -0.481 e. The quantitative estimate of drug-likeness (QED) is 0.863. The van der Waals surface area contributed by atoms with Crippen molar-refractivity contribution in [3.8, 4) is 0 Å². The summed E-state index contributed by atoms with van der Waals surface area (Å²) >= 11 is 0. The van der Waals surface area contributed by atoms with Gasteiger partial charge in [0.1, 0.15) is 6.33 Å². The van der Waals surface area contributed by atoms with E-state index in [0.29, 0.717) is 5.56 Å². The van der Waals surface area contributed by atoms with Gasteiger partial charge in [-0.25, -0.2) is 13.8 Å². The molecule has 1 heterocycles. The number of rotatable bonds is 6. The van der Waals surface area contributed by atoms with Crippen molar-refractivity contribution >= 4 is 11.9 Å². The average Bonchev–Trinajstić information content (AvgIpc) is 2.92. The number of amides is 1. The summed E-state index contributed by atoms with van der Waals surface area (Å²) in [7, 11) is 1.58. The molecule has 1 N–H and O–H groups in total. The molecule has 0 aliphatic rings. The Morgan fingerprint density at radius 3 is 2.61 bits per heavy atom. The van der Waals surface area contributed by atoms with E-state index in [0.717, 1.165) is 12.1 Å². The van der Waals surface area contributed by atoms with Crippen LogP contribution in [0.15, 0.2) is 24.5 Å². The van der Waals surface area contributed by atoms with Crippen molar-refractivity contribution in [3.63, 3.8) is 0 Å². The maximum Gasteiger partial charge on any atom is 0.305 e. The highest BCUT2D eigenvalue weighted by molar-refractivity contribution is 5.90. The fraction of sp³-hybridized carbons (Fsp3) is 0.286. The van der Waals surface area contributed by atoms with Crippen LogP contribution in [0.25, 0.3) is 0 Å². The number of aromatic nitrogens is 3. The minimum atomic E-state index is -1.08. The third-order valence-electron chi connectivity index (χ3n) is 3.03. The minimum absolute atomic E-state index is 0.0818. The predicted octanol–water partition coefficient (Wildman–Crippen LogP) is 1.21. The van der Waals surface area contributed by atoms with Crippen molar-refractivity contribution in [2.75, 3.05) is 6.54 Å². The zero-order valence-corrected chi connectivity index (χ0v) is 12.2. The predicted molar refractivity (Wildman–Crippen MR) is 74.4 cm³/mol. The second kappa shape index (κ2) is 6.95. The zero-order valence-electron chi connectivity index (χ0n) is 12.2. The number of carbonyl (C=O) groups excluding carboxylic acids is 1. The van der Waals surface area contributed by atoms with Gasteiger partial charge in [-0.1, -0.05) is 6.07 Å². The summed E-state index contributed by atoms with van der Waals surface area (Å²) in [6.07, 6.45) is 1.04. The lowest BCUT2D eigenvalue weighted by molar-refractivity contribution is -0.137. The molecule has 1 aromatic heterocycles. The second-order valence-electron chi connectivity index (χ2n) is 4.86. The Hall–Kier alpha value is -2.84. The fourth-order valence-corrected chi connectivity index (χ4v) is 1.92. The Balaban J connectivity index is 2.20. The van der Waals surface area contributed by atoms with Gasteiger partial charge in [0.05, 0.1) is 6.42 Å². The van der Waals surface area contributed by atoms with Gasteiger partial charge < -0.3 is 10.0 Å². The van der Waals surface area contributed by atoms with E-state index in [2.05, 4.69) is 10.1 Å². The smallest absolute Gasteiger partial charge is 0.305 e. The van der Waals surface area contributed by atoms with E-state index in [1.54, 1.807) is 7.05 Å². The highest BCUT2D eigenvalue weighted by Gasteiger charge is 2.21. The molecule has 0 saturated heterocycles. The molecular weight excluding hydrogens is 310 g/mol. The van der Waals surface area contributed by atoms with E-state index < -0.39 is 23.5 Å². The van der Waals surface area contributed by atoms with Gasteiger partial charge in [-0.3, -0.25) is 14.3 Å². The first-order valence-corrected chi connectivity index (χ1v) is 6.67. The maximum absolute atomic E-state index is 13.3. The van der Waals surface area contributed by atoms with Crippen LogP contribution in [-0.2, 0) is 18.4 Å². The van der Waals surface area contributed by atoms with Gasteiger partial charge in [-0.15, -0.1) is 5.10 Å². The number of carboxylic acid groups (broad SMARTS) is 1. The van der Waals surface area contributed by atoms with Crippen LogP contribution in [0.4, 0.5) is 8.78 Å². The largest absolute Gasteiger partial charge is 0.481 e. The van der Waals surface area contributed by atoms with Crippen molar-refractivity contribution < 1.29 is 23.5 Å². The van der Waals surface area contributed by atoms with Crippen LogP contribution in [0.3, 0.4) is 0 Å². The first-order valence-electron chi connectivity index (χ1n) is 6.67. The van der Waals surface area contributed by atoms with Crippen molar-refractivity contribution in [1.29, 1.82) is 0 Å². The molecule has 2 aromatic rings. The normalized spacial score (nSPS) is 10.6. The Morgan fingerprint density at radius 1 is 1.30 bits per heavy atom. The van der Waals surface area contributed by atoms with Crippen molar-refractivity contribution in [2.45, 2.75) is 13.0 Å². The van der Waals surface area contributed by atoms with Gasteiger partial charge in [0, 0.05) is 20.1 Å². The van der Waals surface area contributed by atoms with Crippen molar-refractivity contribution in [2.24, 2.45) is 7.05 Å². The Morgan fingerprint density at radius 2 is 2.04 bits per heavy atom. The Labute approximate surface area is 130 Å². The van der Waals surface area contributed by atoms with Gasteiger partial charge in [0.25, 0.3) is 5.91 Å². The van der Waals surface area contributed by atoms with Crippen molar-refractivity contribution in [1.82, 2.24) is 19.7 Å². The number of aliphatic carboxylic acids is 1. The van der Waals surface area contributed by atoms with Crippen LogP contribution in [0, 0.1) is 11.6 Å². The van der Waals surface area contributed by atoms with E-state index in [1.807, 2.05) is 0 Å². The van der Waals surface area contributed by atoms with Crippen LogP contribution >= 0.6 is 0 Å². The summed E-state index contributed by atoms with van der Waals surface area (Å²) in [5.41, 5.74) is 0.332. The van der Waals surface area contributed by atoms with E-state index >= 15 is 0 Å². The van der Waals surface area contributed by atoms with Gasteiger partial charge >= 0.3 is 5.97 Å². The summed E-state index contributed by atoms with van der Waals surface area (Å²) in [5.74, 6) is -3.80. The molecule has 0 unspecified atom stereocenters. The average molecular weight is 324 g/mol. The highest BCUT2D eigenvalue weighted by atomic mass is 19.2. The summed E-state index contributed by atoms with van der Waals surface area (Å²) < 4.78 is 27.6. The molecule has 0 saturated carbocycles. The molecule has 0 aliphatic carbocycles. The van der Waals surface area contributed by atoms with E-state index in [4.69, 9.17) is 5.11 Å². The third-order valence-corrected chi connectivity index (χ3v) is 3.03. The van der Waals surface area contributed by atoms with E-state index in [9.17, 15) is 18.4 Å². The van der Waals surface area contributed by atoms with Crippen LogP contribution in [0.5, 0.6) is 0 Å². The standard InChI is InChI=1S/C14H14F2N4O3/c1-19-8-17-13(18-19)14(23)20(5-4-12(21)22)7-9-2-3-10(15)11(16)6-9/h2-3,6,8H,4-5,7H2,1H3,(H,21,22). The summed E-state index contributed by atoms with van der Waals surface area (Å²) in [4.78, 5) is 28.1. The Bertz CT molecular complexity index is 733. The first kappa shape index (κ1) is 16.5. The molecule has 9 heteroatoms. The van der Waals surface area contributed by atoms with Crippen LogP contribution in [-0.4, -0.2) is 43.2 Å². The molecule has 122 valence electrons. The summed E-state index contributed by atoms with van der Waals surface area (Å²) in [6.45, 7) is -0.188. The fourth-order valence-electron chi connectivity index (χ4n) is 1.92. The lowest BCUT2D eigenvalue weighted by atomic mass is 10.2. The molecular formula is C14H14F2N4O3. The molecule has 0 radical (unpaired) electrons. The van der Waals surface area contributed by atoms with Crippen molar-refractivity contribution in [3.05, 3.63) is 47.5 Å². The van der Waals surface area contributed by atoms with E-state index in [1.165, 1.54) is 22.0 Å². The lowest BCUT2D eigenvalue weighted by Gasteiger charge is -2.20. The van der Waals surface area contributed by atoms with Gasteiger partial charge in [0.15, 0.2) is 11.6 Å².